The summed E-state index contributed by atoms with van der Waals surface area (Å²) in [5, 5.41) is 18.9. The number of aryl methyl sites for hydroxylation is 2. The molecule has 372 valence electrons. The van der Waals surface area contributed by atoms with Crippen LogP contribution < -0.4 is 25.8 Å². The predicted molar refractivity (Wildman–Crippen MR) is 273 cm³/mol. The molecule has 3 amide bonds. The molecule has 1 aliphatic rings. The Bertz CT molecular complexity index is 3150. The van der Waals surface area contributed by atoms with Gasteiger partial charge in [0.05, 0.1) is 44.6 Å². The molecular formula is C51H58FN11O6S2. The topological polar surface area (TPSA) is 232 Å². The van der Waals surface area contributed by atoms with E-state index in [-0.39, 0.29) is 59.6 Å². The number of nitrogens with zero attached hydrogens (tertiary/aromatic N) is 6. The van der Waals surface area contributed by atoms with Gasteiger partial charge in [0.25, 0.3) is 0 Å². The van der Waals surface area contributed by atoms with Crippen LogP contribution in [-0.2, 0) is 44.1 Å². The number of sulfonamides is 1. The number of unbranched alkanes of at least 4 members (excludes halogenated alkanes) is 1. The highest BCUT2D eigenvalue weighted by Crippen LogP contribution is 2.39. The minimum atomic E-state index is -3.65. The van der Waals surface area contributed by atoms with Gasteiger partial charge in [-0.1, -0.05) is 63.2 Å². The Kier molecular flexibility index (Phi) is 15.2. The van der Waals surface area contributed by atoms with Crippen molar-refractivity contribution in [2.45, 2.75) is 98.5 Å². The molecule has 1 aliphatic heterocycles. The Morgan fingerprint density at radius 3 is 2.45 bits per heavy atom. The van der Waals surface area contributed by atoms with Gasteiger partial charge in [-0.05, 0) is 85.9 Å². The fourth-order valence-corrected chi connectivity index (χ4v) is 9.99. The maximum Gasteiger partial charge on any atom is 0.246 e. The number of benzene rings is 3. The van der Waals surface area contributed by atoms with Gasteiger partial charge < -0.3 is 26.0 Å². The summed E-state index contributed by atoms with van der Waals surface area (Å²) in [4.78, 5) is 52.6. The predicted octanol–water partition coefficient (Wildman–Crippen LogP) is 7.99. The van der Waals surface area contributed by atoms with Gasteiger partial charge in [0.2, 0.25) is 27.7 Å². The summed E-state index contributed by atoms with van der Waals surface area (Å²) in [6.45, 7) is 10.6. The molecule has 20 heteroatoms. The number of aromatic nitrogens is 6. The van der Waals surface area contributed by atoms with Crippen LogP contribution in [0.5, 0.6) is 5.75 Å². The van der Waals surface area contributed by atoms with E-state index in [9.17, 15) is 27.2 Å². The van der Waals surface area contributed by atoms with E-state index in [1.807, 2.05) is 63.7 Å². The van der Waals surface area contributed by atoms with E-state index in [1.165, 1.54) is 19.1 Å². The van der Waals surface area contributed by atoms with Crippen molar-refractivity contribution in [3.05, 3.63) is 113 Å². The molecule has 0 radical (unpaired) electrons. The molecule has 3 aromatic carbocycles. The summed E-state index contributed by atoms with van der Waals surface area (Å²) in [5.41, 5.74) is 14.7. The molecule has 0 saturated carbocycles. The number of fused-ring (bicyclic) bond motifs is 1. The summed E-state index contributed by atoms with van der Waals surface area (Å²) >= 11 is 1.59. The van der Waals surface area contributed by atoms with Crippen LogP contribution in [0.4, 0.5) is 15.9 Å². The van der Waals surface area contributed by atoms with E-state index in [2.05, 4.69) is 40.6 Å². The number of nitrogens with two attached hydrogens (primary N) is 1. The van der Waals surface area contributed by atoms with Gasteiger partial charge in [0.15, 0.2) is 0 Å². The minimum absolute atomic E-state index is 0.0465. The van der Waals surface area contributed by atoms with E-state index in [1.54, 1.807) is 63.6 Å². The molecule has 7 aromatic rings. The van der Waals surface area contributed by atoms with Crippen molar-refractivity contribution < 1.29 is 31.9 Å². The second-order valence-electron chi connectivity index (χ2n) is 18.7. The van der Waals surface area contributed by atoms with Gasteiger partial charge in [-0.3, -0.25) is 28.9 Å². The van der Waals surface area contributed by atoms with E-state index < -0.39 is 27.5 Å². The number of carbonyl (C=O) groups is 3. The SMILES string of the molecule is CCS(=O)(=O)Nc1ccc(-c2n[nH]c3c(-c4cnn(CCCCC(=O)N[C@H](C(=O)N5CCC[C@H]5C(=O)NCc5ccc(-c6scnc6C)cc5)C(C)(C)C)c4)cnc(N)c23)cc1OCc1ccc(F)cc1. The van der Waals surface area contributed by atoms with Crippen molar-refractivity contribution in [2.24, 2.45) is 5.41 Å². The van der Waals surface area contributed by atoms with Crippen molar-refractivity contribution in [3.8, 4) is 38.6 Å². The quantitative estimate of drug-likeness (QED) is 0.0487. The number of aromatic amines is 1. The van der Waals surface area contributed by atoms with Crippen LogP contribution in [0.25, 0.3) is 43.7 Å². The molecule has 5 heterocycles. The third-order valence-corrected chi connectivity index (χ3v) is 14.8. The van der Waals surface area contributed by atoms with Crippen LogP contribution in [0.3, 0.4) is 0 Å². The molecule has 0 aliphatic carbocycles. The summed E-state index contributed by atoms with van der Waals surface area (Å²) in [6, 6.07) is 17.4. The number of pyridine rings is 1. The minimum Gasteiger partial charge on any atom is -0.487 e. The summed E-state index contributed by atoms with van der Waals surface area (Å²) in [5.74, 6) is -0.795. The van der Waals surface area contributed by atoms with E-state index >= 15 is 0 Å². The Labute approximate surface area is 415 Å². The maximum atomic E-state index is 14.1. The molecule has 1 fully saturated rings. The van der Waals surface area contributed by atoms with Gasteiger partial charge in [-0.25, -0.2) is 22.8 Å². The number of carbonyl (C=O) groups excluding carboxylic acids is 3. The molecule has 0 unspecified atom stereocenters. The number of ether oxygens (including phenoxy) is 1. The number of anilines is 2. The zero-order chi connectivity index (χ0) is 50.5. The number of rotatable bonds is 19. The number of H-pyrrole nitrogens is 1. The number of hydrogen-bond acceptors (Lipinski definition) is 12. The lowest BCUT2D eigenvalue weighted by atomic mass is 9.85. The summed E-state index contributed by atoms with van der Waals surface area (Å²) in [6.07, 6.45) is 7.83. The van der Waals surface area contributed by atoms with E-state index in [0.717, 1.165) is 27.3 Å². The first kappa shape index (κ1) is 50.2. The maximum absolute atomic E-state index is 14.1. The van der Waals surface area contributed by atoms with Crippen LogP contribution in [0.2, 0.25) is 0 Å². The van der Waals surface area contributed by atoms with Gasteiger partial charge in [0.1, 0.15) is 41.8 Å². The summed E-state index contributed by atoms with van der Waals surface area (Å²) in [7, 11) is -3.65. The number of thiazole rings is 1. The van der Waals surface area contributed by atoms with E-state index in [0.29, 0.717) is 78.6 Å². The number of halogens is 1. The fraction of sp³-hybridized carbons (Fsp3) is 0.353. The fourth-order valence-electron chi connectivity index (χ4n) is 8.53. The normalized spacial score (nSPS) is 14.4. The number of hydrogen-bond donors (Lipinski definition) is 5. The Balaban J connectivity index is 0.869. The van der Waals surface area contributed by atoms with Gasteiger partial charge in [-0.15, -0.1) is 11.3 Å². The first-order chi connectivity index (χ1) is 34.0. The molecule has 2 atom stereocenters. The molecule has 0 spiro atoms. The molecule has 17 nitrogen and oxygen atoms in total. The van der Waals surface area contributed by atoms with Gasteiger partial charge >= 0.3 is 0 Å². The van der Waals surface area contributed by atoms with Crippen molar-refractivity contribution in [2.75, 3.05) is 22.8 Å². The van der Waals surface area contributed by atoms with Crippen molar-refractivity contribution in [1.82, 2.24) is 45.5 Å². The van der Waals surface area contributed by atoms with Crippen LogP contribution in [0.15, 0.2) is 90.8 Å². The molecule has 6 N–H and O–H groups in total. The first-order valence-corrected chi connectivity index (χ1v) is 26.1. The van der Waals surface area contributed by atoms with Crippen molar-refractivity contribution >= 4 is 61.5 Å². The molecule has 71 heavy (non-hydrogen) atoms. The number of amides is 3. The highest BCUT2D eigenvalue weighted by molar-refractivity contribution is 7.92. The van der Waals surface area contributed by atoms with E-state index in [4.69, 9.17) is 10.5 Å². The van der Waals surface area contributed by atoms with Gasteiger partial charge in [-0.2, -0.15) is 10.2 Å². The molecule has 1 saturated heterocycles. The number of nitrogens with one attached hydrogen (secondary N) is 4. The van der Waals surface area contributed by atoms with Crippen LogP contribution in [0.1, 0.15) is 76.6 Å². The molecule has 0 bridgehead atoms. The zero-order valence-electron chi connectivity index (χ0n) is 40.3. The standard InChI is InChI=1S/C51H58FN11O6S2/c1-6-71(67,68)61-39-21-18-35(24-41(39)69-29-33-14-19-37(52)20-15-33)44-43-45(60-59-44)38(27-54-48(43)53)36-26-57-62(28-36)22-8-7-11-42(64)58-47(51(3,4)5)50(66)63-23-9-10-40(63)49(65)55-25-32-12-16-34(17-13-32)46-31(2)56-30-70-46/h12-21,24,26-28,30,40,47,61H,6-11,22-23,25,29H2,1-5H3,(H2,53,54)(H,55,65)(H,58,64)(H,59,60)/t40-,47+/m0/s1. The average molecular weight is 1000 g/mol. The highest BCUT2D eigenvalue weighted by atomic mass is 32.2. The average Bonchev–Trinajstić information content (AvgIpc) is 4.20. The largest absolute Gasteiger partial charge is 0.487 e. The zero-order valence-corrected chi connectivity index (χ0v) is 41.9. The second-order valence-corrected chi connectivity index (χ2v) is 21.6. The number of likely N-dealkylation sites (tertiary alicyclic amines) is 1. The third kappa shape index (κ3) is 11.9. The van der Waals surface area contributed by atoms with Crippen molar-refractivity contribution in [1.29, 1.82) is 0 Å². The third-order valence-electron chi connectivity index (χ3n) is 12.5. The molecule has 4 aromatic heterocycles. The highest BCUT2D eigenvalue weighted by Gasteiger charge is 2.41. The van der Waals surface area contributed by atoms with Crippen molar-refractivity contribution in [3.63, 3.8) is 0 Å². The Morgan fingerprint density at radius 1 is 0.986 bits per heavy atom. The lowest BCUT2D eigenvalue weighted by molar-refractivity contribution is -0.143. The monoisotopic (exact) mass is 1000 g/mol. The lowest BCUT2D eigenvalue weighted by Crippen LogP contribution is -2.57. The molecular weight excluding hydrogens is 946 g/mol. The lowest BCUT2D eigenvalue weighted by Gasteiger charge is -2.35. The van der Waals surface area contributed by atoms with Crippen LogP contribution in [0, 0.1) is 18.2 Å². The van der Waals surface area contributed by atoms with Crippen LogP contribution >= 0.6 is 11.3 Å². The Morgan fingerprint density at radius 2 is 1.73 bits per heavy atom. The Hall–Kier alpha value is -7.19. The number of nitrogen functional groups attached to an aromatic ring is 1. The van der Waals surface area contributed by atoms with Gasteiger partial charge in [0, 0.05) is 55.1 Å². The summed E-state index contributed by atoms with van der Waals surface area (Å²) < 4.78 is 49.1. The second kappa shape index (κ2) is 21.4. The first-order valence-electron chi connectivity index (χ1n) is 23.5. The van der Waals surface area contributed by atoms with Crippen LogP contribution in [-0.4, -0.2) is 85.4 Å². The smallest absolute Gasteiger partial charge is 0.246 e. The molecule has 8 rings (SSSR count).